The van der Waals surface area contributed by atoms with Gasteiger partial charge in [0.05, 0.1) is 25.0 Å². The standard InChI is InChI=1S/C24H26N2O5/c1-24(2)12-20(31-9-5-4-8-25)21-15-7-6-14(30-3)10-16(15)18-11-19(27)17(23(28)29)13-26(18)22(21)24/h6-7,10-11,13,20-22H,4-5,9,12H2,1-3H3,(H,28,29). The first kappa shape index (κ1) is 21.1. The molecule has 1 saturated carbocycles. The van der Waals surface area contributed by atoms with Crippen LogP contribution in [0.15, 0.2) is 35.3 Å². The number of methoxy groups -OCH3 is 1. The Kier molecular flexibility index (Phi) is 5.36. The molecule has 4 rings (SSSR count). The number of aromatic nitrogens is 1. The number of carboxylic acids is 1. The molecule has 0 radical (unpaired) electrons. The topological polar surface area (TPSA) is 102 Å². The van der Waals surface area contributed by atoms with E-state index in [1.165, 1.54) is 12.3 Å². The normalized spacial score (nSPS) is 22.7. The largest absolute Gasteiger partial charge is 0.497 e. The molecule has 1 aliphatic carbocycles. The molecule has 3 unspecified atom stereocenters. The first-order valence-electron chi connectivity index (χ1n) is 10.4. The molecule has 1 N–H and O–H groups in total. The van der Waals surface area contributed by atoms with E-state index in [0.717, 1.165) is 17.5 Å². The molecule has 0 spiro atoms. The van der Waals surface area contributed by atoms with Crippen LogP contribution in [0.5, 0.6) is 5.75 Å². The van der Waals surface area contributed by atoms with Crippen LogP contribution in [0.25, 0.3) is 11.3 Å². The molecule has 3 atom stereocenters. The zero-order valence-electron chi connectivity index (χ0n) is 17.9. The quantitative estimate of drug-likeness (QED) is 0.707. The van der Waals surface area contributed by atoms with Crippen LogP contribution in [0.1, 0.15) is 61.0 Å². The van der Waals surface area contributed by atoms with Gasteiger partial charge in [0.15, 0.2) is 5.43 Å². The van der Waals surface area contributed by atoms with Crippen molar-refractivity contribution in [3.05, 3.63) is 51.8 Å². The highest BCUT2D eigenvalue weighted by atomic mass is 16.5. The molecule has 1 aromatic carbocycles. The van der Waals surface area contributed by atoms with E-state index in [-0.39, 0.29) is 29.0 Å². The van der Waals surface area contributed by atoms with E-state index in [4.69, 9.17) is 14.7 Å². The van der Waals surface area contributed by atoms with Gasteiger partial charge < -0.3 is 19.1 Å². The number of aromatic carboxylic acids is 1. The van der Waals surface area contributed by atoms with E-state index >= 15 is 0 Å². The number of benzene rings is 1. The maximum Gasteiger partial charge on any atom is 0.341 e. The Morgan fingerprint density at radius 2 is 2.13 bits per heavy atom. The van der Waals surface area contributed by atoms with Gasteiger partial charge in [-0.1, -0.05) is 19.9 Å². The SMILES string of the molecule is COc1ccc2c(c1)-c1cc(=O)c(C(=O)O)cn1C1C2C(OCCCC#N)CC1(C)C. The third-order valence-corrected chi connectivity index (χ3v) is 6.54. The van der Waals surface area contributed by atoms with Crippen molar-refractivity contribution in [3.8, 4) is 23.1 Å². The van der Waals surface area contributed by atoms with Gasteiger partial charge in [-0.25, -0.2) is 4.79 Å². The average molecular weight is 422 g/mol. The number of hydrogen-bond donors (Lipinski definition) is 1. The van der Waals surface area contributed by atoms with Crippen molar-refractivity contribution in [1.29, 1.82) is 5.26 Å². The number of unbranched alkanes of at least 4 members (excludes halogenated alkanes) is 1. The van der Waals surface area contributed by atoms with Crippen molar-refractivity contribution in [1.82, 2.24) is 4.57 Å². The Hall–Kier alpha value is -3.11. The van der Waals surface area contributed by atoms with Crippen LogP contribution in [0.2, 0.25) is 0 Å². The second-order valence-corrected chi connectivity index (χ2v) is 8.94. The van der Waals surface area contributed by atoms with Crippen molar-refractivity contribution in [2.24, 2.45) is 5.41 Å². The van der Waals surface area contributed by atoms with Crippen LogP contribution in [-0.4, -0.2) is 35.5 Å². The molecule has 0 bridgehead atoms. The van der Waals surface area contributed by atoms with E-state index < -0.39 is 11.4 Å². The highest BCUT2D eigenvalue weighted by Crippen LogP contribution is 2.59. The molecule has 0 amide bonds. The fourth-order valence-corrected chi connectivity index (χ4v) is 5.26. The van der Waals surface area contributed by atoms with Crippen LogP contribution < -0.4 is 10.2 Å². The predicted molar refractivity (Wildman–Crippen MR) is 114 cm³/mol. The van der Waals surface area contributed by atoms with Gasteiger partial charge in [-0.15, -0.1) is 0 Å². The fraction of sp³-hybridized carbons (Fsp3) is 0.458. The first-order chi connectivity index (χ1) is 14.8. The lowest BCUT2D eigenvalue weighted by atomic mass is 9.77. The number of fused-ring (bicyclic) bond motifs is 6. The van der Waals surface area contributed by atoms with E-state index in [0.29, 0.717) is 30.9 Å². The lowest BCUT2D eigenvalue weighted by Gasteiger charge is -2.40. The van der Waals surface area contributed by atoms with Crippen molar-refractivity contribution in [3.63, 3.8) is 0 Å². The minimum Gasteiger partial charge on any atom is -0.497 e. The van der Waals surface area contributed by atoms with Gasteiger partial charge >= 0.3 is 5.97 Å². The summed E-state index contributed by atoms with van der Waals surface area (Å²) in [6.45, 7) is 4.81. The van der Waals surface area contributed by atoms with Gasteiger partial charge in [-0.2, -0.15) is 5.26 Å². The molecule has 7 heteroatoms. The van der Waals surface area contributed by atoms with Crippen molar-refractivity contribution in [2.75, 3.05) is 13.7 Å². The summed E-state index contributed by atoms with van der Waals surface area (Å²) in [4.78, 5) is 24.2. The number of nitrogens with zero attached hydrogens (tertiary/aromatic N) is 2. The number of carbonyl (C=O) groups is 1. The van der Waals surface area contributed by atoms with E-state index in [1.807, 2.05) is 22.8 Å². The summed E-state index contributed by atoms with van der Waals surface area (Å²) in [5, 5.41) is 18.4. The summed E-state index contributed by atoms with van der Waals surface area (Å²) in [6, 6.07) is 9.34. The molecular weight excluding hydrogens is 396 g/mol. The maximum atomic E-state index is 12.5. The summed E-state index contributed by atoms with van der Waals surface area (Å²) >= 11 is 0. The average Bonchev–Trinajstić information content (AvgIpc) is 3.01. The maximum absolute atomic E-state index is 12.5. The number of rotatable bonds is 6. The van der Waals surface area contributed by atoms with Crippen molar-refractivity contribution in [2.45, 2.75) is 51.2 Å². The minimum atomic E-state index is -1.23. The number of carboxylic acid groups (broad SMARTS) is 1. The smallest absolute Gasteiger partial charge is 0.341 e. The lowest BCUT2D eigenvalue weighted by Crippen LogP contribution is -2.33. The van der Waals surface area contributed by atoms with Crippen LogP contribution in [0, 0.1) is 16.7 Å². The van der Waals surface area contributed by atoms with Crippen LogP contribution in [-0.2, 0) is 4.74 Å². The highest BCUT2D eigenvalue weighted by Gasteiger charge is 2.53. The van der Waals surface area contributed by atoms with Gasteiger partial charge in [0.25, 0.3) is 0 Å². The third kappa shape index (κ3) is 3.51. The molecule has 2 heterocycles. The van der Waals surface area contributed by atoms with Gasteiger partial charge in [-0.3, -0.25) is 4.79 Å². The van der Waals surface area contributed by atoms with Gasteiger partial charge in [0.2, 0.25) is 0 Å². The number of hydrogen-bond acceptors (Lipinski definition) is 5. The van der Waals surface area contributed by atoms with E-state index in [1.54, 1.807) is 7.11 Å². The Morgan fingerprint density at radius 3 is 2.81 bits per heavy atom. The van der Waals surface area contributed by atoms with Crippen molar-refractivity contribution >= 4 is 5.97 Å². The van der Waals surface area contributed by atoms with E-state index in [2.05, 4.69) is 19.9 Å². The summed E-state index contributed by atoms with van der Waals surface area (Å²) in [5.41, 5.74) is 1.70. The Labute approximate surface area is 180 Å². The second-order valence-electron chi connectivity index (χ2n) is 8.94. The number of ether oxygens (including phenoxy) is 2. The van der Waals surface area contributed by atoms with Gasteiger partial charge in [0.1, 0.15) is 11.3 Å². The van der Waals surface area contributed by atoms with Gasteiger partial charge in [-0.05, 0) is 36.0 Å². The fourth-order valence-electron chi connectivity index (χ4n) is 5.26. The van der Waals surface area contributed by atoms with Crippen LogP contribution in [0.4, 0.5) is 0 Å². The summed E-state index contributed by atoms with van der Waals surface area (Å²) in [7, 11) is 1.59. The number of pyridine rings is 1. The molecular formula is C24H26N2O5. The Bertz CT molecular complexity index is 1130. The molecule has 2 aliphatic rings. The van der Waals surface area contributed by atoms with Crippen LogP contribution >= 0.6 is 0 Å². The van der Waals surface area contributed by atoms with Crippen molar-refractivity contribution < 1.29 is 19.4 Å². The molecule has 1 aliphatic heterocycles. The molecule has 7 nitrogen and oxygen atoms in total. The minimum absolute atomic E-state index is 0.00496. The second kappa shape index (κ2) is 7.86. The summed E-state index contributed by atoms with van der Waals surface area (Å²) < 4.78 is 13.6. The number of nitriles is 1. The van der Waals surface area contributed by atoms with Gasteiger partial charge in [0, 0.05) is 42.8 Å². The Morgan fingerprint density at radius 1 is 1.35 bits per heavy atom. The van der Waals surface area contributed by atoms with Crippen LogP contribution in [0.3, 0.4) is 0 Å². The first-order valence-corrected chi connectivity index (χ1v) is 10.4. The highest BCUT2D eigenvalue weighted by molar-refractivity contribution is 5.88. The molecule has 2 aromatic rings. The Balaban J connectivity index is 1.89. The zero-order chi connectivity index (χ0) is 22.3. The lowest BCUT2D eigenvalue weighted by molar-refractivity contribution is 0.0389. The summed E-state index contributed by atoms with van der Waals surface area (Å²) in [5.74, 6) is -0.565. The predicted octanol–water partition coefficient (Wildman–Crippen LogP) is 3.98. The van der Waals surface area contributed by atoms with E-state index in [9.17, 15) is 14.7 Å². The monoisotopic (exact) mass is 422 g/mol. The zero-order valence-corrected chi connectivity index (χ0v) is 17.9. The third-order valence-electron chi connectivity index (χ3n) is 6.54. The molecule has 1 fully saturated rings. The molecule has 162 valence electrons. The summed E-state index contributed by atoms with van der Waals surface area (Å²) in [6.07, 6.45) is 3.32. The molecule has 31 heavy (non-hydrogen) atoms. The molecule has 1 aromatic heterocycles. The molecule has 0 saturated heterocycles.